The van der Waals surface area contributed by atoms with Crippen LogP contribution in [-0.2, 0) is 31.8 Å². The van der Waals surface area contributed by atoms with Gasteiger partial charge in [0.2, 0.25) is 5.69 Å². The number of anilines is 1. The van der Waals surface area contributed by atoms with Gasteiger partial charge in [-0.15, -0.1) is 0 Å². The summed E-state index contributed by atoms with van der Waals surface area (Å²) in [6.45, 7) is 12.9. The van der Waals surface area contributed by atoms with Gasteiger partial charge in [0.1, 0.15) is 35.8 Å². The average molecular weight is 969 g/mol. The van der Waals surface area contributed by atoms with Crippen molar-refractivity contribution in [2.45, 2.75) is 46.5 Å². The van der Waals surface area contributed by atoms with Crippen LogP contribution in [0.2, 0.25) is 0 Å². The Morgan fingerprint density at radius 2 is 1.34 bits per heavy atom. The van der Waals surface area contributed by atoms with E-state index in [2.05, 4.69) is 112 Å². The topological polar surface area (TPSA) is 245 Å². The third kappa shape index (κ3) is 12.6. The molecule has 3 aliphatic rings. The van der Waals surface area contributed by atoms with Crippen molar-refractivity contribution in [1.29, 1.82) is 0 Å². The zero-order chi connectivity index (χ0) is 46.7. The first-order chi connectivity index (χ1) is 30.5. The number of aromatic nitrogens is 2. The molecule has 2 aromatic carbocycles. The maximum Gasteiger partial charge on any atom is 0.319 e. The first kappa shape index (κ1) is 50.6. The maximum atomic E-state index is 13.9. The fourth-order valence-corrected chi connectivity index (χ4v) is 7.60. The fourth-order valence-electron chi connectivity index (χ4n) is 6.49. The molecular formula is C43H42CoFN10O8S2-. The first-order valence-electron chi connectivity index (χ1n) is 19.5. The predicted octanol–water partition coefficient (Wildman–Crippen LogP) is 6.99. The summed E-state index contributed by atoms with van der Waals surface area (Å²) in [7, 11) is 2.08. The molecular weight excluding hydrogens is 927 g/mol. The molecule has 7 rings (SSSR count). The summed E-state index contributed by atoms with van der Waals surface area (Å²) in [4.78, 5) is 51.3. The van der Waals surface area contributed by atoms with Crippen LogP contribution in [0.15, 0.2) is 123 Å². The summed E-state index contributed by atoms with van der Waals surface area (Å²) in [6, 6.07) is 11.8. The number of allylic oxidation sites excluding steroid dienone is 7. The molecule has 0 fully saturated rings. The van der Waals surface area contributed by atoms with E-state index < -0.39 is 9.85 Å². The molecule has 0 bridgehead atoms. The second-order valence-corrected chi connectivity index (χ2v) is 16.0. The molecule has 0 spiro atoms. The van der Waals surface area contributed by atoms with Crippen LogP contribution in [0.4, 0.5) is 25.8 Å². The average Bonchev–Trinajstić information content (AvgIpc) is 3.99. The number of aryl methyl sites for hydroxylation is 1. The number of nitro groups is 2. The van der Waals surface area contributed by atoms with Crippen molar-refractivity contribution in [2.75, 3.05) is 25.0 Å². The van der Waals surface area contributed by atoms with Gasteiger partial charge in [-0.3, -0.25) is 40.0 Å². The fraction of sp³-hybridized carbons (Fsp3) is 0.233. The standard InChI is InChI=1S/C25H32FN2.2C9H6N4O4S.Co/c1-7-25(5)22-17-20(26)12-14-23(22)27(6)24(25)15-11-19-10-13-21(16-18(19)4)28(8-2)9-3;2*14-5-1-2-6(7(15)3-5)11-12-9-10-4-8(18-9)13(16)17;/h10-17H,7-9H2,1-6H3;2*1-4H,(H2,10,12,14,15);/q+1;;;/p-2. The Balaban J connectivity index is 0.000000220. The number of halogens is 1. The summed E-state index contributed by atoms with van der Waals surface area (Å²) in [5.41, 5.74) is 7.14. The van der Waals surface area contributed by atoms with Crippen molar-refractivity contribution in [3.8, 4) is 0 Å². The zero-order valence-corrected chi connectivity index (χ0v) is 38.4. The van der Waals surface area contributed by atoms with Crippen molar-refractivity contribution in [3.63, 3.8) is 0 Å². The van der Waals surface area contributed by atoms with Crippen molar-refractivity contribution >= 4 is 78.8 Å². The first-order valence-corrected chi connectivity index (χ1v) is 21.1. The van der Waals surface area contributed by atoms with Crippen molar-refractivity contribution in [2.24, 2.45) is 20.4 Å². The van der Waals surface area contributed by atoms with Crippen LogP contribution in [0.1, 0.15) is 50.8 Å². The summed E-state index contributed by atoms with van der Waals surface area (Å²) in [6.07, 6.45) is 14.5. The molecule has 1 aliphatic heterocycles. The molecule has 0 saturated carbocycles. The molecule has 1 unspecified atom stereocenters. The normalized spacial score (nSPS) is 18.2. The number of rotatable bonds is 10. The van der Waals surface area contributed by atoms with Crippen LogP contribution in [0.3, 0.4) is 0 Å². The van der Waals surface area contributed by atoms with Gasteiger partial charge in [0.05, 0.1) is 15.3 Å². The quantitative estimate of drug-likeness (QED) is 0.0710. The minimum absolute atomic E-state index is 0. The number of benzene rings is 2. The van der Waals surface area contributed by atoms with E-state index in [4.69, 9.17) is 0 Å². The van der Waals surface area contributed by atoms with E-state index in [1.165, 1.54) is 46.8 Å². The van der Waals surface area contributed by atoms with Crippen molar-refractivity contribution in [1.82, 2.24) is 9.97 Å². The minimum Gasteiger partial charge on any atom is -0.506 e. The number of carbonyl (C=O) groups excluding carboxylic acids is 2. The van der Waals surface area contributed by atoms with Gasteiger partial charge in [0, 0.05) is 87.4 Å². The van der Waals surface area contributed by atoms with Crippen LogP contribution in [0.25, 0.3) is 6.08 Å². The Hall–Kier alpha value is -7.01. The second-order valence-electron chi connectivity index (χ2n) is 14.0. The Morgan fingerprint density at radius 1 is 0.815 bits per heavy atom. The van der Waals surface area contributed by atoms with Crippen LogP contribution in [0, 0.1) is 33.0 Å². The SMILES string of the molecule is CCN(CC)c1ccc(/C=C/C2=[N+](C)c3ccc(F)cc3C2(C)CC)c(C)c1.O=C1C=CC(=NN=c2[n-]cc([N+](=O)[O-])s2)C(O)=C1.O=C1C=CC(=NN=c2[n-]cc([N+](=O)[O-])s2)C(O)=C1.[Co]. The third-order valence-corrected chi connectivity index (χ3v) is 11.7. The van der Waals surface area contributed by atoms with Crippen LogP contribution in [0.5, 0.6) is 0 Å². The van der Waals surface area contributed by atoms with Gasteiger partial charge in [0.25, 0.3) is 0 Å². The molecule has 341 valence electrons. The number of thiazole rings is 2. The molecule has 2 aliphatic carbocycles. The van der Waals surface area contributed by atoms with Gasteiger partial charge in [-0.2, -0.15) is 4.58 Å². The van der Waals surface area contributed by atoms with E-state index in [9.17, 15) is 44.4 Å². The molecule has 3 heterocycles. The van der Waals surface area contributed by atoms with Crippen molar-refractivity contribution < 1.29 is 55.4 Å². The summed E-state index contributed by atoms with van der Waals surface area (Å²) in [5, 5.41) is 53.9. The Labute approximate surface area is 389 Å². The molecule has 4 aromatic rings. The van der Waals surface area contributed by atoms with Gasteiger partial charge >= 0.3 is 10.0 Å². The van der Waals surface area contributed by atoms with E-state index in [0.29, 0.717) is 0 Å². The molecule has 1 radical (unpaired) electrons. The molecule has 0 amide bonds. The smallest absolute Gasteiger partial charge is 0.319 e. The van der Waals surface area contributed by atoms with E-state index in [1.807, 2.05) is 6.07 Å². The van der Waals surface area contributed by atoms with E-state index in [0.717, 1.165) is 78.0 Å². The Kier molecular flexibility index (Phi) is 17.6. The molecule has 18 nitrogen and oxygen atoms in total. The third-order valence-electron chi connectivity index (χ3n) is 10.1. The van der Waals surface area contributed by atoms with Crippen LogP contribution in [-0.4, -0.2) is 73.5 Å². The molecule has 2 aromatic heterocycles. The Morgan fingerprint density at radius 3 is 1.77 bits per heavy atom. The number of nitrogens with zero attached hydrogens (tertiary/aromatic N) is 10. The number of hydrogen-bond acceptors (Lipinski definition) is 15. The maximum absolute atomic E-state index is 13.9. The van der Waals surface area contributed by atoms with E-state index in [-0.39, 0.29) is 82.1 Å². The number of carbonyl (C=O) groups is 2. The van der Waals surface area contributed by atoms with Gasteiger partial charge in [0.15, 0.2) is 17.3 Å². The van der Waals surface area contributed by atoms with Gasteiger partial charge in [-0.1, -0.05) is 35.7 Å². The molecule has 2 N–H and O–H groups in total. The predicted molar refractivity (Wildman–Crippen MR) is 243 cm³/mol. The van der Waals surface area contributed by atoms with Gasteiger partial charge < -0.3 is 35.3 Å². The van der Waals surface area contributed by atoms with Crippen LogP contribution < -0.4 is 24.5 Å². The molecule has 0 saturated heterocycles. The minimum atomic E-state index is -0.583. The van der Waals surface area contributed by atoms with Gasteiger partial charge in [-0.05, 0) is 99.9 Å². The number of fused-ring (bicyclic) bond motifs is 1. The molecule has 1 atom stereocenters. The van der Waals surface area contributed by atoms with Crippen LogP contribution >= 0.6 is 22.7 Å². The number of ketones is 2. The summed E-state index contributed by atoms with van der Waals surface area (Å²) < 4.78 is 16.1. The Bertz CT molecular complexity index is 2780. The second kappa shape index (κ2) is 22.6. The van der Waals surface area contributed by atoms with E-state index in [1.54, 1.807) is 12.1 Å². The molecule has 22 heteroatoms. The number of aliphatic hydroxyl groups excluding tert-OH is 2. The summed E-state index contributed by atoms with van der Waals surface area (Å²) >= 11 is 1.51. The summed E-state index contributed by atoms with van der Waals surface area (Å²) in [5.74, 6) is -1.48. The number of aliphatic hydroxyl groups is 2. The van der Waals surface area contributed by atoms with E-state index >= 15 is 0 Å². The largest absolute Gasteiger partial charge is 0.506 e. The van der Waals surface area contributed by atoms with Crippen molar-refractivity contribution in [3.05, 3.63) is 155 Å². The molecule has 65 heavy (non-hydrogen) atoms. The van der Waals surface area contributed by atoms with Gasteiger partial charge in [-0.25, -0.2) is 4.39 Å². The number of hydrogen-bond donors (Lipinski definition) is 2. The zero-order valence-electron chi connectivity index (χ0n) is 35.7. The monoisotopic (exact) mass is 968 g/mol.